The van der Waals surface area contributed by atoms with E-state index in [1.165, 1.54) is 4.21 Å². The minimum Gasteiger partial charge on any atom is -0.491 e. The molecule has 2 aromatic heterocycles. The summed E-state index contributed by atoms with van der Waals surface area (Å²) in [5, 5.41) is 4.10. The van der Waals surface area contributed by atoms with E-state index in [1.54, 1.807) is 42.2 Å². The maximum Gasteiger partial charge on any atom is 0.306 e. The molecule has 7 nitrogen and oxygen atoms in total. The third-order valence-electron chi connectivity index (χ3n) is 4.66. The molecule has 10 heteroatoms. The zero-order valence-corrected chi connectivity index (χ0v) is 20.3. The molecule has 3 heterocycles. The number of rotatable bonds is 11. The standard InChI is InChI=1S/C22H25N3O4S3/c1-3-28-19(26)12-16-13-23-22(31-16)18-10-14-9-15(29-7-6-27-2)11-17(21(14)24-18)25-32-20-5-4-8-30-20/h4-5,8-11,16,24-25H,3,6-7,12-13H2,1-2H3. The van der Waals surface area contributed by atoms with Crippen LogP contribution in [0.5, 0.6) is 5.75 Å². The number of hydrogen-bond acceptors (Lipinski definition) is 9. The molecule has 0 fully saturated rings. The summed E-state index contributed by atoms with van der Waals surface area (Å²) in [6.45, 7) is 3.84. The topological polar surface area (TPSA) is 84.9 Å². The van der Waals surface area contributed by atoms with Crippen LogP contribution >= 0.6 is 35.0 Å². The first-order valence-corrected chi connectivity index (χ1v) is 12.9. The van der Waals surface area contributed by atoms with Crippen LogP contribution in [-0.2, 0) is 14.3 Å². The van der Waals surface area contributed by atoms with Crippen molar-refractivity contribution in [2.45, 2.75) is 22.8 Å². The lowest BCUT2D eigenvalue weighted by Crippen LogP contribution is -2.14. The molecule has 0 saturated carbocycles. The number of H-pyrrole nitrogens is 1. The van der Waals surface area contributed by atoms with Gasteiger partial charge in [0.05, 0.1) is 47.3 Å². The van der Waals surface area contributed by atoms with Crippen LogP contribution in [0.2, 0.25) is 0 Å². The molecule has 3 aromatic rings. The van der Waals surface area contributed by atoms with Crippen LogP contribution in [0, 0.1) is 0 Å². The normalized spacial score (nSPS) is 15.7. The molecular formula is C22H25N3O4S3. The smallest absolute Gasteiger partial charge is 0.306 e. The van der Waals surface area contributed by atoms with Crippen molar-refractivity contribution in [2.75, 3.05) is 38.2 Å². The van der Waals surface area contributed by atoms with E-state index in [1.807, 2.05) is 25.1 Å². The number of esters is 1. The molecule has 4 rings (SSSR count). The van der Waals surface area contributed by atoms with Gasteiger partial charge < -0.3 is 23.9 Å². The molecule has 2 N–H and O–H groups in total. The Morgan fingerprint density at radius 3 is 3.03 bits per heavy atom. The summed E-state index contributed by atoms with van der Waals surface area (Å²) in [4.78, 5) is 20.0. The van der Waals surface area contributed by atoms with Gasteiger partial charge in [0.2, 0.25) is 0 Å². The lowest BCUT2D eigenvalue weighted by molar-refractivity contribution is -0.143. The van der Waals surface area contributed by atoms with E-state index in [2.05, 4.69) is 32.2 Å². The molecule has 170 valence electrons. The molecule has 0 amide bonds. The number of thioether (sulfide) groups is 1. The minimum atomic E-state index is -0.173. The predicted octanol–water partition coefficient (Wildman–Crippen LogP) is 5.19. The molecule has 1 aromatic carbocycles. The number of hydrogen-bond donors (Lipinski definition) is 2. The molecule has 1 atom stereocenters. The van der Waals surface area contributed by atoms with Crippen LogP contribution in [-0.4, -0.2) is 54.7 Å². The molecule has 32 heavy (non-hydrogen) atoms. The van der Waals surface area contributed by atoms with Gasteiger partial charge >= 0.3 is 5.97 Å². The molecular weight excluding hydrogens is 466 g/mol. The van der Waals surface area contributed by atoms with Crippen molar-refractivity contribution < 1.29 is 19.0 Å². The van der Waals surface area contributed by atoms with E-state index in [4.69, 9.17) is 14.2 Å². The van der Waals surface area contributed by atoms with Gasteiger partial charge in [-0.25, -0.2) is 0 Å². The Hall–Kier alpha value is -2.14. The van der Waals surface area contributed by atoms with Crippen LogP contribution in [0.15, 0.2) is 44.9 Å². The number of anilines is 1. The quantitative estimate of drug-likeness (QED) is 0.217. The molecule has 1 unspecified atom stereocenters. The summed E-state index contributed by atoms with van der Waals surface area (Å²) < 4.78 is 20.7. The highest BCUT2D eigenvalue weighted by molar-refractivity contribution is 8.15. The van der Waals surface area contributed by atoms with Crippen LogP contribution in [0.4, 0.5) is 5.69 Å². The first kappa shape index (κ1) is 23.0. The number of aromatic nitrogens is 1. The van der Waals surface area contributed by atoms with Gasteiger partial charge in [-0.2, -0.15) is 0 Å². The Morgan fingerprint density at radius 1 is 1.34 bits per heavy atom. The summed E-state index contributed by atoms with van der Waals surface area (Å²) in [7, 11) is 1.66. The van der Waals surface area contributed by atoms with Gasteiger partial charge in [0.1, 0.15) is 17.4 Å². The Labute approximate surface area is 199 Å². The number of ether oxygens (including phenoxy) is 3. The van der Waals surface area contributed by atoms with Gasteiger partial charge in [-0.05, 0) is 42.5 Å². The maximum atomic E-state index is 11.8. The number of aliphatic imine (C=N–C) groups is 1. The highest BCUT2D eigenvalue weighted by Gasteiger charge is 2.25. The summed E-state index contributed by atoms with van der Waals surface area (Å²) in [5.41, 5.74) is 2.86. The number of methoxy groups -OCH3 is 1. The number of aromatic amines is 1. The zero-order valence-electron chi connectivity index (χ0n) is 17.9. The van der Waals surface area contributed by atoms with Crippen molar-refractivity contribution in [1.82, 2.24) is 4.98 Å². The summed E-state index contributed by atoms with van der Waals surface area (Å²) in [6, 6.07) is 10.2. The molecule has 1 aliphatic heterocycles. The number of thiophene rings is 1. The van der Waals surface area contributed by atoms with Gasteiger partial charge in [-0.1, -0.05) is 17.8 Å². The van der Waals surface area contributed by atoms with Crippen LogP contribution in [0.25, 0.3) is 10.9 Å². The first-order valence-electron chi connectivity index (χ1n) is 10.3. The van der Waals surface area contributed by atoms with Crippen molar-refractivity contribution in [1.29, 1.82) is 0 Å². The molecule has 0 saturated heterocycles. The minimum absolute atomic E-state index is 0.107. The molecule has 0 aliphatic carbocycles. The van der Waals surface area contributed by atoms with Gasteiger partial charge in [-0.15, -0.1) is 11.3 Å². The van der Waals surface area contributed by atoms with Crippen molar-refractivity contribution in [3.63, 3.8) is 0 Å². The number of fused-ring (bicyclic) bond motifs is 1. The Bertz CT molecular complexity index is 1080. The van der Waals surface area contributed by atoms with Crippen molar-refractivity contribution in [2.24, 2.45) is 4.99 Å². The number of carbonyl (C=O) groups excluding carboxylic acids is 1. The second-order valence-corrected chi connectivity index (χ2v) is 10.3. The summed E-state index contributed by atoms with van der Waals surface area (Å²) >= 11 is 4.87. The summed E-state index contributed by atoms with van der Waals surface area (Å²) in [6.07, 6.45) is 0.369. The number of nitrogens with one attached hydrogen (secondary N) is 2. The fourth-order valence-electron chi connectivity index (χ4n) is 3.24. The zero-order chi connectivity index (χ0) is 22.3. The second kappa shape index (κ2) is 11.1. The summed E-state index contributed by atoms with van der Waals surface area (Å²) in [5.74, 6) is 0.601. The van der Waals surface area contributed by atoms with E-state index >= 15 is 0 Å². The van der Waals surface area contributed by atoms with Gasteiger partial charge in [-0.3, -0.25) is 9.79 Å². The van der Waals surface area contributed by atoms with Gasteiger partial charge in [0.15, 0.2) is 0 Å². The number of carbonyl (C=O) groups is 1. The van der Waals surface area contributed by atoms with Crippen LogP contribution < -0.4 is 9.46 Å². The SMILES string of the molecule is CCOC(=O)CC1CN=C(c2cc3cc(OCCOC)cc(NSc4cccs4)c3[nH]2)S1. The molecule has 1 aliphatic rings. The average molecular weight is 492 g/mol. The van der Waals surface area contributed by atoms with E-state index in [0.29, 0.717) is 32.8 Å². The Kier molecular flexibility index (Phi) is 8.01. The number of nitrogens with zero attached hydrogens (tertiary/aromatic N) is 1. The average Bonchev–Trinajstić information content (AvgIpc) is 3.53. The third kappa shape index (κ3) is 5.80. The van der Waals surface area contributed by atoms with Crippen LogP contribution in [0.1, 0.15) is 19.0 Å². The fourth-order valence-corrected chi connectivity index (χ4v) is 5.76. The largest absolute Gasteiger partial charge is 0.491 e. The monoisotopic (exact) mass is 491 g/mol. The first-order chi connectivity index (χ1) is 15.7. The van der Waals surface area contributed by atoms with E-state index in [9.17, 15) is 4.79 Å². The van der Waals surface area contributed by atoms with Crippen LogP contribution in [0.3, 0.4) is 0 Å². The Balaban J connectivity index is 1.54. The van der Waals surface area contributed by atoms with E-state index in [0.717, 1.165) is 33.1 Å². The van der Waals surface area contributed by atoms with Gasteiger partial charge in [0.25, 0.3) is 0 Å². The predicted molar refractivity (Wildman–Crippen MR) is 134 cm³/mol. The number of benzene rings is 1. The van der Waals surface area contributed by atoms with Crippen molar-refractivity contribution >= 4 is 62.6 Å². The lowest BCUT2D eigenvalue weighted by Gasteiger charge is -2.10. The molecule has 0 spiro atoms. The van der Waals surface area contributed by atoms with E-state index < -0.39 is 0 Å². The third-order valence-corrected chi connectivity index (χ3v) is 7.74. The highest BCUT2D eigenvalue weighted by Crippen LogP contribution is 2.36. The maximum absolute atomic E-state index is 11.8. The van der Waals surface area contributed by atoms with Crippen molar-refractivity contribution in [3.8, 4) is 5.75 Å². The van der Waals surface area contributed by atoms with E-state index in [-0.39, 0.29) is 11.2 Å². The molecule has 0 bridgehead atoms. The van der Waals surface area contributed by atoms with Crippen molar-refractivity contribution in [3.05, 3.63) is 41.4 Å². The van der Waals surface area contributed by atoms with Gasteiger partial charge in [0, 0.05) is 23.8 Å². The molecule has 0 radical (unpaired) electrons. The fraction of sp³-hybridized carbons (Fsp3) is 0.364. The lowest BCUT2D eigenvalue weighted by atomic mass is 10.2. The highest BCUT2D eigenvalue weighted by atomic mass is 32.2. The Morgan fingerprint density at radius 2 is 2.25 bits per heavy atom. The second-order valence-electron chi connectivity index (χ2n) is 6.99.